The fourth-order valence-electron chi connectivity index (χ4n) is 1.84. The van der Waals surface area contributed by atoms with Crippen LogP contribution in [0.5, 0.6) is 0 Å². The Kier molecular flexibility index (Phi) is 7.23. The van der Waals surface area contributed by atoms with Gasteiger partial charge in [0.25, 0.3) is 0 Å². The molecule has 1 heterocycles. The van der Waals surface area contributed by atoms with E-state index in [-0.39, 0.29) is 18.1 Å². The van der Waals surface area contributed by atoms with Crippen molar-refractivity contribution in [2.75, 3.05) is 6.61 Å². The highest BCUT2D eigenvalue weighted by molar-refractivity contribution is 5.78. The summed E-state index contributed by atoms with van der Waals surface area (Å²) in [6.45, 7) is 8.76. The molecule has 0 unspecified atom stereocenters. The number of nitrogens with one attached hydrogen (secondary N) is 1. The molecule has 1 N–H and O–H groups in total. The standard InChI is InChI=1S/C16H26N2O2/c1-12(2)18-16(19)10-15-8-7-14(11-17-15)6-5-9-20-13(3)4/h7-8,11-13H,5-6,9-10H2,1-4H3,(H,18,19). The van der Waals surface area contributed by atoms with E-state index < -0.39 is 0 Å². The van der Waals surface area contributed by atoms with E-state index in [1.807, 2.05) is 46.0 Å². The van der Waals surface area contributed by atoms with Gasteiger partial charge < -0.3 is 10.1 Å². The zero-order valence-corrected chi connectivity index (χ0v) is 13.0. The molecule has 1 amide bonds. The van der Waals surface area contributed by atoms with Gasteiger partial charge in [0.15, 0.2) is 0 Å². The van der Waals surface area contributed by atoms with E-state index in [1.54, 1.807) is 0 Å². The minimum Gasteiger partial charge on any atom is -0.379 e. The van der Waals surface area contributed by atoms with Gasteiger partial charge in [-0.3, -0.25) is 9.78 Å². The van der Waals surface area contributed by atoms with Crippen LogP contribution >= 0.6 is 0 Å². The van der Waals surface area contributed by atoms with Crippen molar-refractivity contribution >= 4 is 5.91 Å². The molecule has 0 aliphatic heterocycles. The normalized spacial score (nSPS) is 11.1. The third kappa shape index (κ3) is 7.24. The van der Waals surface area contributed by atoms with E-state index in [9.17, 15) is 4.79 Å². The van der Waals surface area contributed by atoms with Crippen LogP contribution in [0.3, 0.4) is 0 Å². The van der Waals surface area contributed by atoms with Gasteiger partial charge in [-0.15, -0.1) is 0 Å². The van der Waals surface area contributed by atoms with E-state index in [0.717, 1.165) is 25.1 Å². The van der Waals surface area contributed by atoms with Gasteiger partial charge in [0.1, 0.15) is 0 Å². The molecule has 0 atom stereocenters. The third-order valence-electron chi connectivity index (χ3n) is 2.74. The molecule has 0 saturated carbocycles. The number of rotatable bonds is 8. The SMILES string of the molecule is CC(C)NC(=O)Cc1ccc(CCCOC(C)C)cn1. The van der Waals surface area contributed by atoms with Crippen molar-refractivity contribution < 1.29 is 9.53 Å². The maximum Gasteiger partial charge on any atom is 0.226 e. The zero-order valence-electron chi connectivity index (χ0n) is 13.0. The van der Waals surface area contributed by atoms with Crippen molar-refractivity contribution in [3.05, 3.63) is 29.6 Å². The summed E-state index contributed by atoms with van der Waals surface area (Å²) in [6.07, 6.45) is 4.43. The van der Waals surface area contributed by atoms with E-state index in [4.69, 9.17) is 4.74 Å². The van der Waals surface area contributed by atoms with Crippen LogP contribution in [0.25, 0.3) is 0 Å². The second kappa shape index (κ2) is 8.69. The number of hydrogen-bond acceptors (Lipinski definition) is 3. The minimum atomic E-state index is 0.0191. The lowest BCUT2D eigenvalue weighted by atomic mass is 10.1. The van der Waals surface area contributed by atoms with Crippen LogP contribution in [-0.2, 0) is 22.4 Å². The lowest BCUT2D eigenvalue weighted by molar-refractivity contribution is -0.120. The quantitative estimate of drug-likeness (QED) is 0.743. The van der Waals surface area contributed by atoms with E-state index >= 15 is 0 Å². The van der Waals surface area contributed by atoms with Crippen LogP contribution in [0.2, 0.25) is 0 Å². The van der Waals surface area contributed by atoms with Gasteiger partial charge in [0, 0.05) is 24.5 Å². The first-order valence-corrected chi connectivity index (χ1v) is 7.32. The molecule has 0 bridgehead atoms. The van der Waals surface area contributed by atoms with E-state index in [0.29, 0.717) is 6.42 Å². The summed E-state index contributed by atoms with van der Waals surface area (Å²) in [5, 5.41) is 2.86. The van der Waals surface area contributed by atoms with Crippen LogP contribution in [0, 0.1) is 0 Å². The van der Waals surface area contributed by atoms with Crippen LogP contribution in [-0.4, -0.2) is 29.6 Å². The Hall–Kier alpha value is -1.42. The molecule has 112 valence electrons. The van der Waals surface area contributed by atoms with E-state index in [1.165, 1.54) is 5.56 Å². The summed E-state index contributed by atoms with van der Waals surface area (Å²) < 4.78 is 5.50. The summed E-state index contributed by atoms with van der Waals surface area (Å²) in [7, 11) is 0. The molecule has 0 saturated heterocycles. The number of ether oxygens (including phenoxy) is 1. The van der Waals surface area contributed by atoms with Crippen LogP contribution in [0.4, 0.5) is 0 Å². The first-order chi connectivity index (χ1) is 9.47. The number of aromatic nitrogens is 1. The van der Waals surface area contributed by atoms with Gasteiger partial charge in [-0.2, -0.15) is 0 Å². The molecule has 0 aromatic carbocycles. The molecule has 20 heavy (non-hydrogen) atoms. The van der Waals surface area contributed by atoms with Crippen LogP contribution in [0.1, 0.15) is 45.4 Å². The molecule has 1 aromatic heterocycles. The number of pyridine rings is 1. The van der Waals surface area contributed by atoms with Gasteiger partial charge >= 0.3 is 0 Å². The zero-order chi connectivity index (χ0) is 15.0. The lowest BCUT2D eigenvalue weighted by Gasteiger charge is -2.09. The number of carbonyl (C=O) groups is 1. The average molecular weight is 278 g/mol. The Morgan fingerprint density at radius 3 is 2.60 bits per heavy atom. The molecule has 0 radical (unpaired) electrons. The Balaban J connectivity index is 2.34. The maximum atomic E-state index is 11.6. The molecule has 0 fully saturated rings. The van der Waals surface area contributed by atoms with Crippen molar-refractivity contribution in [3.63, 3.8) is 0 Å². The summed E-state index contributed by atoms with van der Waals surface area (Å²) in [4.78, 5) is 16.0. The lowest BCUT2D eigenvalue weighted by Crippen LogP contribution is -2.31. The van der Waals surface area contributed by atoms with Gasteiger partial charge in [-0.05, 0) is 52.2 Å². The number of hydrogen-bond donors (Lipinski definition) is 1. The monoisotopic (exact) mass is 278 g/mol. The van der Waals surface area contributed by atoms with Crippen molar-refractivity contribution in [1.82, 2.24) is 10.3 Å². The Bertz CT molecular complexity index is 399. The number of aryl methyl sites for hydroxylation is 1. The highest BCUT2D eigenvalue weighted by atomic mass is 16.5. The topological polar surface area (TPSA) is 51.2 Å². The Morgan fingerprint density at radius 1 is 1.30 bits per heavy atom. The summed E-state index contributed by atoms with van der Waals surface area (Å²) >= 11 is 0. The summed E-state index contributed by atoms with van der Waals surface area (Å²) in [5.41, 5.74) is 2.00. The third-order valence-corrected chi connectivity index (χ3v) is 2.74. The van der Waals surface area contributed by atoms with Crippen molar-refractivity contribution in [2.24, 2.45) is 0 Å². The van der Waals surface area contributed by atoms with Gasteiger partial charge in [-0.1, -0.05) is 6.07 Å². The molecule has 0 aliphatic rings. The first-order valence-electron chi connectivity index (χ1n) is 7.32. The minimum absolute atomic E-state index is 0.0191. The highest BCUT2D eigenvalue weighted by Crippen LogP contribution is 2.05. The van der Waals surface area contributed by atoms with E-state index in [2.05, 4.69) is 10.3 Å². The summed E-state index contributed by atoms with van der Waals surface area (Å²) in [5.74, 6) is 0.0191. The van der Waals surface area contributed by atoms with Gasteiger partial charge in [0.2, 0.25) is 5.91 Å². The molecule has 0 spiro atoms. The number of carbonyl (C=O) groups excluding carboxylic acids is 1. The molecule has 1 aromatic rings. The molecular formula is C16H26N2O2. The predicted octanol–water partition coefficient (Wildman–Crippen LogP) is 2.51. The van der Waals surface area contributed by atoms with Crippen molar-refractivity contribution in [3.8, 4) is 0 Å². The van der Waals surface area contributed by atoms with Crippen LogP contribution < -0.4 is 5.32 Å². The van der Waals surface area contributed by atoms with Crippen molar-refractivity contribution in [1.29, 1.82) is 0 Å². The molecule has 4 nitrogen and oxygen atoms in total. The maximum absolute atomic E-state index is 11.6. The first kappa shape index (κ1) is 16.6. The Labute approximate surface area is 121 Å². The van der Waals surface area contributed by atoms with Crippen LogP contribution in [0.15, 0.2) is 18.3 Å². The second-order valence-electron chi connectivity index (χ2n) is 5.58. The molecule has 4 heteroatoms. The molecule has 1 rings (SSSR count). The fraction of sp³-hybridized carbons (Fsp3) is 0.625. The van der Waals surface area contributed by atoms with Gasteiger partial charge in [0.05, 0.1) is 12.5 Å². The summed E-state index contributed by atoms with van der Waals surface area (Å²) in [6, 6.07) is 4.14. The molecule has 0 aliphatic carbocycles. The molecular weight excluding hydrogens is 252 g/mol. The van der Waals surface area contributed by atoms with Gasteiger partial charge in [-0.25, -0.2) is 0 Å². The largest absolute Gasteiger partial charge is 0.379 e. The fourth-order valence-corrected chi connectivity index (χ4v) is 1.84. The number of nitrogens with zero attached hydrogens (tertiary/aromatic N) is 1. The second-order valence-corrected chi connectivity index (χ2v) is 5.58. The highest BCUT2D eigenvalue weighted by Gasteiger charge is 2.06. The predicted molar refractivity (Wildman–Crippen MR) is 80.6 cm³/mol. The Morgan fingerprint density at radius 2 is 2.05 bits per heavy atom. The number of amides is 1. The van der Waals surface area contributed by atoms with Crippen molar-refractivity contribution in [2.45, 2.75) is 59.1 Å². The smallest absolute Gasteiger partial charge is 0.226 e. The average Bonchev–Trinajstić information content (AvgIpc) is 2.35.